The van der Waals surface area contributed by atoms with Crippen molar-refractivity contribution in [1.29, 1.82) is 0 Å². The van der Waals surface area contributed by atoms with Crippen molar-refractivity contribution in [1.82, 2.24) is 0 Å². The van der Waals surface area contributed by atoms with Crippen molar-refractivity contribution in [3.05, 3.63) is 59.4 Å². The average Bonchev–Trinajstić information content (AvgIpc) is 2.46. The smallest absolute Gasteiger partial charge is 0.246 e. The second-order valence-electron chi connectivity index (χ2n) is 5.08. The van der Waals surface area contributed by atoms with Crippen LogP contribution in [0.25, 0.3) is 0 Å². The van der Waals surface area contributed by atoms with Crippen molar-refractivity contribution in [3.8, 4) is 0 Å². The highest BCUT2D eigenvalue weighted by Crippen LogP contribution is 2.19. The fourth-order valence-electron chi connectivity index (χ4n) is 2.01. The first-order valence-electron chi connectivity index (χ1n) is 6.87. The molecule has 3 nitrogen and oxygen atoms in total. The Morgan fingerprint density at radius 3 is 2.43 bits per heavy atom. The van der Waals surface area contributed by atoms with Gasteiger partial charge in [-0.05, 0) is 50.1 Å². The molecule has 0 saturated carbocycles. The van der Waals surface area contributed by atoms with Gasteiger partial charge >= 0.3 is 0 Å². The lowest BCUT2D eigenvalue weighted by molar-refractivity contribution is -0.116. The van der Waals surface area contributed by atoms with Crippen molar-refractivity contribution in [3.63, 3.8) is 0 Å². The summed E-state index contributed by atoms with van der Waals surface area (Å²) in [7, 11) is 0. The Hall–Kier alpha value is -2.36. The van der Waals surface area contributed by atoms with Gasteiger partial charge in [-0.3, -0.25) is 4.79 Å². The lowest BCUT2D eigenvalue weighted by Gasteiger charge is -2.18. The average molecular weight is 286 g/mol. The standard InChI is InChI=1S/C17H19FN2O/c1-11-7-6-10-15(12(11)2)19-13(3)17(21)20-16-9-5-4-8-14(16)18/h4-10,13,19H,1-3H3,(H,20,21). The van der Waals surface area contributed by atoms with Crippen molar-refractivity contribution < 1.29 is 9.18 Å². The van der Waals surface area contributed by atoms with E-state index < -0.39 is 11.9 Å². The molecule has 0 spiro atoms. The first-order valence-corrected chi connectivity index (χ1v) is 6.87. The summed E-state index contributed by atoms with van der Waals surface area (Å²) in [5.74, 6) is -0.717. The molecule has 1 atom stereocenters. The topological polar surface area (TPSA) is 41.1 Å². The van der Waals surface area contributed by atoms with Crippen LogP contribution in [0.1, 0.15) is 18.1 Å². The molecule has 4 heteroatoms. The van der Waals surface area contributed by atoms with E-state index >= 15 is 0 Å². The van der Waals surface area contributed by atoms with Crippen LogP contribution in [-0.4, -0.2) is 11.9 Å². The molecule has 2 aromatic carbocycles. The number of hydrogen-bond donors (Lipinski definition) is 2. The number of hydrogen-bond acceptors (Lipinski definition) is 2. The number of carbonyl (C=O) groups is 1. The van der Waals surface area contributed by atoms with E-state index in [1.165, 1.54) is 12.1 Å². The summed E-state index contributed by atoms with van der Waals surface area (Å²) >= 11 is 0. The molecular weight excluding hydrogens is 267 g/mol. The van der Waals surface area contributed by atoms with Crippen LogP contribution in [0, 0.1) is 19.7 Å². The Balaban J connectivity index is 2.06. The highest BCUT2D eigenvalue weighted by atomic mass is 19.1. The van der Waals surface area contributed by atoms with Crippen LogP contribution in [-0.2, 0) is 4.79 Å². The van der Waals surface area contributed by atoms with E-state index in [1.54, 1.807) is 19.1 Å². The number of benzene rings is 2. The SMILES string of the molecule is Cc1cccc(NC(C)C(=O)Nc2ccccc2F)c1C. The molecule has 0 aliphatic carbocycles. The highest BCUT2D eigenvalue weighted by molar-refractivity contribution is 5.96. The summed E-state index contributed by atoms with van der Waals surface area (Å²) in [6, 6.07) is 11.5. The number of nitrogens with one attached hydrogen (secondary N) is 2. The quantitative estimate of drug-likeness (QED) is 0.895. The zero-order valence-electron chi connectivity index (χ0n) is 12.4. The maximum atomic E-state index is 13.5. The minimum absolute atomic E-state index is 0.192. The minimum atomic E-state index is -0.467. The molecular formula is C17H19FN2O. The predicted octanol–water partition coefficient (Wildman–Crippen LogP) is 3.88. The molecule has 2 N–H and O–H groups in total. The lowest BCUT2D eigenvalue weighted by Crippen LogP contribution is -2.32. The molecule has 0 fully saturated rings. The maximum absolute atomic E-state index is 13.5. The van der Waals surface area contributed by atoms with Gasteiger partial charge in [0.05, 0.1) is 5.69 Å². The predicted molar refractivity (Wildman–Crippen MR) is 84.0 cm³/mol. The van der Waals surface area contributed by atoms with E-state index in [-0.39, 0.29) is 11.6 Å². The van der Waals surface area contributed by atoms with Gasteiger partial charge in [0.2, 0.25) is 5.91 Å². The molecule has 21 heavy (non-hydrogen) atoms. The van der Waals surface area contributed by atoms with Crippen LogP contribution in [0.2, 0.25) is 0 Å². The summed E-state index contributed by atoms with van der Waals surface area (Å²) in [5, 5.41) is 5.74. The fourth-order valence-corrected chi connectivity index (χ4v) is 2.01. The van der Waals surface area contributed by atoms with Gasteiger partial charge in [0.1, 0.15) is 11.9 Å². The van der Waals surface area contributed by atoms with Crippen LogP contribution in [0.5, 0.6) is 0 Å². The molecule has 0 aliphatic heterocycles. The van der Waals surface area contributed by atoms with Gasteiger partial charge in [-0.15, -0.1) is 0 Å². The normalized spacial score (nSPS) is 11.8. The number of amides is 1. The number of anilines is 2. The van der Waals surface area contributed by atoms with E-state index in [0.29, 0.717) is 0 Å². The Morgan fingerprint density at radius 1 is 1.05 bits per heavy atom. The first-order chi connectivity index (χ1) is 9.99. The zero-order chi connectivity index (χ0) is 15.4. The van der Waals surface area contributed by atoms with E-state index in [2.05, 4.69) is 10.6 Å². The Bertz CT molecular complexity index is 655. The number of aryl methyl sites for hydroxylation is 1. The van der Waals surface area contributed by atoms with E-state index in [0.717, 1.165) is 16.8 Å². The number of carbonyl (C=O) groups excluding carboxylic acids is 1. The Labute approximate surface area is 124 Å². The van der Waals surface area contributed by atoms with Crippen molar-refractivity contribution >= 4 is 17.3 Å². The van der Waals surface area contributed by atoms with Gasteiger partial charge in [-0.25, -0.2) is 4.39 Å². The summed E-state index contributed by atoms with van der Waals surface area (Å²) in [6.45, 7) is 5.77. The molecule has 0 aromatic heterocycles. The van der Waals surface area contributed by atoms with Gasteiger partial charge in [-0.1, -0.05) is 24.3 Å². The zero-order valence-corrected chi connectivity index (χ0v) is 12.4. The van der Waals surface area contributed by atoms with Gasteiger partial charge in [-0.2, -0.15) is 0 Å². The second kappa shape index (κ2) is 6.39. The molecule has 0 bridgehead atoms. The summed E-state index contributed by atoms with van der Waals surface area (Å²) in [6.07, 6.45) is 0. The molecule has 2 rings (SSSR count). The Morgan fingerprint density at radius 2 is 1.71 bits per heavy atom. The first kappa shape index (κ1) is 15.0. The lowest BCUT2D eigenvalue weighted by atomic mass is 10.1. The molecule has 0 saturated heterocycles. The van der Waals surface area contributed by atoms with Crippen LogP contribution in [0.15, 0.2) is 42.5 Å². The van der Waals surface area contributed by atoms with Gasteiger partial charge in [0.15, 0.2) is 0 Å². The summed E-state index contributed by atoms with van der Waals surface area (Å²) < 4.78 is 13.5. The van der Waals surface area contributed by atoms with Crippen molar-refractivity contribution in [2.45, 2.75) is 26.8 Å². The van der Waals surface area contributed by atoms with Crippen LogP contribution < -0.4 is 10.6 Å². The summed E-state index contributed by atoms with van der Waals surface area (Å²) in [4.78, 5) is 12.1. The third-order valence-electron chi connectivity index (χ3n) is 3.50. The molecule has 0 heterocycles. The number of para-hydroxylation sites is 1. The molecule has 0 radical (unpaired) electrons. The summed E-state index contributed by atoms with van der Waals surface area (Å²) in [5.41, 5.74) is 3.35. The maximum Gasteiger partial charge on any atom is 0.246 e. The van der Waals surface area contributed by atoms with Crippen LogP contribution in [0.3, 0.4) is 0 Å². The fraction of sp³-hybridized carbons (Fsp3) is 0.235. The van der Waals surface area contributed by atoms with Crippen molar-refractivity contribution in [2.75, 3.05) is 10.6 Å². The highest BCUT2D eigenvalue weighted by Gasteiger charge is 2.15. The van der Waals surface area contributed by atoms with Crippen LogP contribution >= 0.6 is 0 Å². The number of rotatable bonds is 4. The third-order valence-corrected chi connectivity index (χ3v) is 3.50. The largest absolute Gasteiger partial charge is 0.374 e. The molecule has 1 unspecified atom stereocenters. The van der Waals surface area contributed by atoms with Gasteiger partial charge in [0, 0.05) is 5.69 Å². The monoisotopic (exact) mass is 286 g/mol. The van der Waals surface area contributed by atoms with E-state index in [9.17, 15) is 9.18 Å². The second-order valence-corrected chi connectivity index (χ2v) is 5.08. The minimum Gasteiger partial charge on any atom is -0.374 e. The van der Waals surface area contributed by atoms with E-state index in [1.807, 2.05) is 32.0 Å². The molecule has 1 amide bonds. The van der Waals surface area contributed by atoms with E-state index in [4.69, 9.17) is 0 Å². The van der Waals surface area contributed by atoms with Gasteiger partial charge in [0.25, 0.3) is 0 Å². The molecule has 0 aliphatic rings. The van der Waals surface area contributed by atoms with Gasteiger partial charge < -0.3 is 10.6 Å². The molecule has 110 valence electrons. The molecule has 2 aromatic rings. The number of halogens is 1. The van der Waals surface area contributed by atoms with Crippen molar-refractivity contribution in [2.24, 2.45) is 0 Å². The third kappa shape index (κ3) is 3.60. The van der Waals surface area contributed by atoms with Crippen LogP contribution in [0.4, 0.5) is 15.8 Å². The Kier molecular flexibility index (Phi) is 4.58.